The molecule has 0 radical (unpaired) electrons. The van der Waals surface area contributed by atoms with Crippen LogP contribution in [0.2, 0.25) is 0 Å². The Kier molecular flexibility index (Phi) is 7.24. The number of sulfonamides is 1. The maximum Gasteiger partial charge on any atom is 0.340 e. The number of carbonyl (C=O) groups is 3. The maximum atomic E-state index is 13.1. The molecule has 33 heavy (non-hydrogen) atoms. The van der Waals surface area contributed by atoms with E-state index in [1.807, 2.05) is 0 Å². The number of nitrogens with zero attached hydrogens (tertiary/aromatic N) is 3. The van der Waals surface area contributed by atoms with Crippen LogP contribution in [-0.4, -0.2) is 71.7 Å². The summed E-state index contributed by atoms with van der Waals surface area (Å²) >= 11 is 1.23. The van der Waals surface area contributed by atoms with Crippen molar-refractivity contribution in [2.24, 2.45) is 5.92 Å². The van der Waals surface area contributed by atoms with E-state index in [0.717, 1.165) is 0 Å². The van der Waals surface area contributed by atoms with Crippen molar-refractivity contribution in [3.05, 3.63) is 28.2 Å². The SMILES string of the molecule is Cc1oc(C)c(S(=O)(=O)N2CCN(C(=O)Cc3csc(NC(=O)C(C)C)n3)CC2)c1C(=O)O. The van der Waals surface area contributed by atoms with Crippen LogP contribution in [0.3, 0.4) is 0 Å². The fraction of sp³-hybridized carbons (Fsp3) is 0.500. The van der Waals surface area contributed by atoms with Crippen LogP contribution in [0.15, 0.2) is 14.7 Å². The lowest BCUT2D eigenvalue weighted by molar-refractivity contribution is -0.131. The number of furan rings is 1. The number of rotatable bonds is 7. The maximum absolute atomic E-state index is 13.1. The van der Waals surface area contributed by atoms with Gasteiger partial charge >= 0.3 is 5.97 Å². The molecule has 2 aromatic rings. The average molecular weight is 499 g/mol. The Balaban J connectivity index is 1.63. The number of hydrogen-bond acceptors (Lipinski definition) is 8. The van der Waals surface area contributed by atoms with E-state index in [-0.39, 0.29) is 72.3 Å². The molecule has 0 spiro atoms. The molecule has 180 valence electrons. The van der Waals surface area contributed by atoms with E-state index < -0.39 is 16.0 Å². The summed E-state index contributed by atoms with van der Waals surface area (Å²) in [5.74, 6) is -1.88. The molecule has 3 rings (SSSR count). The molecule has 1 saturated heterocycles. The fourth-order valence-electron chi connectivity index (χ4n) is 3.49. The summed E-state index contributed by atoms with van der Waals surface area (Å²) in [6.45, 7) is 6.75. The number of anilines is 1. The summed E-state index contributed by atoms with van der Waals surface area (Å²) in [7, 11) is -4.10. The summed E-state index contributed by atoms with van der Waals surface area (Å²) < 4.78 is 32.7. The molecule has 0 aliphatic carbocycles. The Morgan fingerprint density at radius 2 is 1.82 bits per heavy atom. The van der Waals surface area contributed by atoms with Crippen LogP contribution in [0, 0.1) is 19.8 Å². The van der Waals surface area contributed by atoms with Gasteiger partial charge in [-0.1, -0.05) is 13.8 Å². The molecule has 1 aliphatic heterocycles. The molecule has 2 aromatic heterocycles. The van der Waals surface area contributed by atoms with Gasteiger partial charge in [0.05, 0.1) is 12.1 Å². The molecular formula is C20H26N4O7S2. The molecule has 1 fully saturated rings. The minimum absolute atomic E-state index is 0.0206. The third-order valence-corrected chi connectivity index (χ3v) is 8.11. The second-order valence-electron chi connectivity index (χ2n) is 7.97. The third-order valence-electron chi connectivity index (χ3n) is 5.25. The second kappa shape index (κ2) is 9.61. The van der Waals surface area contributed by atoms with Gasteiger partial charge in [0, 0.05) is 37.5 Å². The summed E-state index contributed by atoms with van der Waals surface area (Å²) in [4.78, 5) is 41.5. The highest BCUT2D eigenvalue weighted by atomic mass is 32.2. The average Bonchev–Trinajstić information content (AvgIpc) is 3.30. The number of thiazole rings is 1. The van der Waals surface area contributed by atoms with Gasteiger partial charge in [0.2, 0.25) is 21.8 Å². The number of amides is 2. The van der Waals surface area contributed by atoms with Crippen LogP contribution in [0.5, 0.6) is 0 Å². The van der Waals surface area contributed by atoms with Crippen molar-refractivity contribution < 1.29 is 32.3 Å². The van der Waals surface area contributed by atoms with E-state index in [4.69, 9.17) is 4.42 Å². The molecule has 0 unspecified atom stereocenters. The third kappa shape index (κ3) is 5.25. The van der Waals surface area contributed by atoms with Crippen LogP contribution in [0.1, 0.15) is 41.4 Å². The van der Waals surface area contributed by atoms with Crippen LogP contribution >= 0.6 is 11.3 Å². The first-order valence-electron chi connectivity index (χ1n) is 10.3. The predicted molar refractivity (Wildman–Crippen MR) is 120 cm³/mol. The molecule has 3 heterocycles. The van der Waals surface area contributed by atoms with Crippen molar-refractivity contribution >= 4 is 44.3 Å². The van der Waals surface area contributed by atoms with Gasteiger partial charge in [-0.15, -0.1) is 11.3 Å². The monoisotopic (exact) mass is 498 g/mol. The number of aromatic nitrogens is 1. The first-order valence-corrected chi connectivity index (χ1v) is 12.6. The Bertz CT molecular complexity index is 1180. The van der Waals surface area contributed by atoms with Crippen LogP contribution in [-0.2, 0) is 26.0 Å². The standard InChI is InChI=1S/C20H26N4O7S2/c1-11(2)18(26)22-20-21-14(10-32-20)9-15(25)23-5-7-24(8-6-23)33(29,30)17-13(4)31-12(3)16(17)19(27)28/h10-11H,5-9H2,1-4H3,(H,27,28)(H,21,22,26). The molecule has 2 N–H and O–H groups in total. The molecular weight excluding hydrogens is 472 g/mol. The van der Waals surface area contributed by atoms with Gasteiger partial charge in [-0.3, -0.25) is 9.59 Å². The van der Waals surface area contributed by atoms with Gasteiger partial charge in [-0.25, -0.2) is 18.2 Å². The predicted octanol–water partition coefficient (Wildman–Crippen LogP) is 1.72. The number of nitrogens with one attached hydrogen (secondary N) is 1. The highest BCUT2D eigenvalue weighted by Crippen LogP contribution is 2.30. The second-order valence-corrected chi connectivity index (χ2v) is 10.7. The van der Waals surface area contributed by atoms with E-state index in [1.165, 1.54) is 29.5 Å². The Labute approximate surface area is 195 Å². The van der Waals surface area contributed by atoms with Crippen LogP contribution in [0.4, 0.5) is 5.13 Å². The van der Waals surface area contributed by atoms with Crippen LogP contribution < -0.4 is 5.32 Å². The molecule has 2 amide bonds. The smallest absolute Gasteiger partial charge is 0.340 e. The van der Waals surface area contributed by atoms with Crippen molar-refractivity contribution in [2.75, 3.05) is 31.5 Å². The van der Waals surface area contributed by atoms with Crippen molar-refractivity contribution in [1.29, 1.82) is 0 Å². The summed E-state index contributed by atoms with van der Waals surface area (Å²) in [5.41, 5.74) is 0.157. The first-order chi connectivity index (χ1) is 15.4. The highest BCUT2D eigenvalue weighted by Gasteiger charge is 2.37. The topological polar surface area (TPSA) is 150 Å². The summed E-state index contributed by atoms with van der Waals surface area (Å²) in [6, 6.07) is 0. The Morgan fingerprint density at radius 1 is 1.18 bits per heavy atom. The quantitative estimate of drug-likeness (QED) is 0.586. The van der Waals surface area contributed by atoms with Crippen molar-refractivity contribution in [1.82, 2.24) is 14.2 Å². The van der Waals surface area contributed by atoms with E-state index >= 15 is 0 Å². The lowest BCUT2D eigenvalue weighted by Gasteiger charge is -2.34. The minimum Gasteiger partial charge on any atom is -0.478 e. The van der Waals surface area contributed by atoms with Crippen molar-refractivity contribution in [3.8, 4) is 0 Å². The zero-order valence-corrected chi connectivity index (χ0v) is 20.4. The molecule has 0 bridgehead atoms. The van der Waals surface area contributed by atoms with Gasteiger partial charge in [0.15, 0.2) is 5.13 Å². The van der Waals surface area contributed by atoms with Gasteiger partial charge < -0.3 is 19.7 Å². The Hall–Kier alpha value is -2.77. The summed E-state index contributed by atoms with van der Waals surface area (Å²) in [6.07, 6.45) is 0.0317. The van der Waals surface area contributed by atoms with Crippen molar-refractivity contribution in [3.63, 3.8) is 0 Å². The van der Waals surface area contributed by atoms with Gasteiger partial charge in [0.1, 0.15) is 22.0 Å². The molecule has 13 heteroatoms. The highest BCUT2D eigenvalue weighted by molar-refractivity contribution is 7.89. The molecule has 0 atom stereocenters. The summed E-state index contributed by atoms with van der Waals surface area (Å²) in [5, 5.41) is 14.2. The van der Waals surface area contributed by atoms with Gasteiger partial charge in [-0.2, -0.15) is 4.31 Å². The minimum atomic E-state index is -4.10. The zero-order valence-electron chi connectivity index (χ0n) is 18.7. The number of hydrogen-bond donors (Lipinski definition) is 2. The van der Waals surface area contributed by atoms with Gasteiger partial charge in [0.25, 0.3) is 0 Å². The molecule has 0 saturated carbocycles. The van der Waals surface area contributed by atoms with Crippen LogP contribution in [0.25, 0.3) is 0 Å². The lowest BCUT2D eigenvalue weighted by atomic mass is 10.2. The van der Waals surface area contributed by atoms with E-state index in [2.05, 4.69) is 10.3 Å². The first kappa shape index (κ1) is 24.9. The number of carboxylic acids is 1. The van der Waals surface area contributed by atoms with Crippen molar-refractivity contribution in [2.45, 2.75) is 39.0 Å². The number of piperazine rings is 1. The number of aryl methyl sites for hydroxylation is 2. The normalized spacial score (nSPS) is 15.1. The van der Waals surface area contributed by atoms with E-state index in [0.29, 0.717) is 10.8 Å². The zero-order chi connectivity index (χ0) is 24.5. The Morgan fingerprint density at radius 3 is 2.39 bits per heavy atom. The number of carboxylic acid groups (broad SMARTS) is 1. The molecule has 1 aliphatic rings. The lowest BCUT2D eigenvalue weighted by Crippen LogP contribution is -2.51. The number of aromatic carboxylic acids is 1. The largest absolute Gasteiger partial charge is 0.478 e. The van der Waals surface area contributed by atoms with E-state index in [9.17, 15) is 27.9 Å². The van der Waals surface area contributed by atoms with E-state index in [1.54, 1.807) is 24.1 Å². The number of carbonyl (C=O) groups excluding carboxylic acids is 2. The fourth-order valence-corrected chi connectivity index (χ4v) is 6.00. The molecule has 11 nitrogen and oxygen atoms in total. The van der Waals surface area contributed by atoms with Gasteiger partial charge in [-0.05, 0) is 13.8 Å². The molecule has 0 aromatic carbocycles.